The second kappa shape index (κ2) is 12.4. The average Bonchev–Trinajstić information content (AvgIpc) is 2.99. The van der Waals surface area contributed by atoms with Crippen molar-refractivity contribution in [3.05, 3.63) is 76.2 Å². The number of piperazine rings is 1. The summed E-state index contributed by atoms with van der Waals surface area (Å²) in [5, 5.41) is 7.59. The van der Waals surface area contributed by atoms with E-state index in [1.807, 2.05) is 67.3 Å². The molecular formula is C31H38N6O4. The molecule has 2 saturated heterocycles. The lowest BCUT2D eigenvalue weighted by Crippen LogP contribution is -2.51. The number of hydrogen-bond donors (Lipinski definition) is 1. The number of esters is 1. The second-order valence-corrected chi connectivity index (χ2v) is 10.7. The lowest BCUT2D eigenvalue weighted by Gasteiger charge is -2.39. The van der Waals surface area contributed by atoms with E-state index in [1.54, 1.807) is 18.0 Å². The number of ether oxygens (including phenoxy) is 1. The number of nitrogens with zero attached hydrogens (tertiary/aromatic N) is 5. The molecule has 41 heavy (non-hydrogen) atoms. The summed E-state index contributed by atoms with van der Waals surface area (Å²) >= 11 is 0. The van der Waals surface area contributed by atoms with Gasteiger partial charge in [0.05, 0.1) is 30.1 Å². The maximum atomic E-state index is 14.0. The van der Waals surface area contributed by atoms with Crippen LogP contribution in [0.5, 0.6) is 0 Å². The predicted molar refractivity (Wildman–Crippen MR) is 160 cm³/mol. The largest absolute Gasteiger partial charge is 0.466 e. The van der Waals surface area contributed by atoms with Gasteiger partial charge in [0.25, 0.3) is 5.56 Å². The van der Waals surface area contributed by atoms with E-state index in [1.165, 1.54) is 4.68 Å². The predicted octanol–water partition coefficient (Wildman–Crippen LogP) is 3.98. The van der Waals surface area contributed by atoms with Gasteiger partial charge >= 0.3 is 12.0 Å². The summed E-state index contributed by atoms with van der Waals surface area (Å²) < 4.78 is 6.73. The van der Waals surface area contributed by atoms with Crippen LogP contribution in [0.1, 0.15) is 30.9 Å². The van der Waals surface area contributed by atoms with Gasteiger partial charge in [0.15, 0.2) is 0 Å². The summed E-state index contributed by atoms with van der Waals surface area (Å²) in [5.41, 5.74) is 4.62. The zero-order valence-electron chi connectivity index (χ0n) is 24.0. The highest BCUT2D eigenvalue weighted by Crippen LogP contribution is 2.31. The van der Waals surface area contributed by atoms with Gasteiger partial charge in [-0.3, -0.25) is 9.59 Å². The summed E-state index contributed by atoms with van der Waals surface area (Å²) in [6.07, 6.45) is 3.25. The number of aryl methyl sites for hydroxylation is 2. The number of carbonyl (C=O) groups is 2. The van der Waals surface area contributed by atoms with Crippen LogP contribution in [-0.2, 0) is 9.53 Å². The Kier molecular flexibility index (Phi) is 8.56. The van der Waals surface area contributed by atoms with Crippen LogP contribution in [-0.4, -0.2) is 72.6 Å². The van der Waals surface area contributed by atoms with Crippen LogP contribution in [0.25, 0.3) is 5.69 Å². The Morgan fingerprint density at radius 1 is 1.00 bits per heavy atom. The standard InChI is InChI=1S/C31H38N6O4/c1-4-41-30(39)24-9-8-14-36(21-24)28-27(20-32-37(29(28)38)25-10-6-5-7-11-25)34-15-17-35(18-16-34)31(40)33-26-19-22(2)12-13-23(26)3/h5-7,10-13,19-20,24H,4,8-9,14-18,21H2,1-3H3,(H,33,40). The molecule has 3 heterocycles. The Morgan fingerprint density at radius 3 is 2.49 bits per heavy atom. The van der Waals surface area contributed by atoms with Crippen LogP contribution >= 0.6 is 0 Å². The molecule has 2 amide bonds. The van der Waals surface area contributed by atoms with Crippen molar-refractivity contribution in [1.82, 2.24) is 14.7 Å². The van der Waals surface area contributed by atoms with Crippen LogP contribution < -0.4 is 20.7 Å². The van der Waals surface area contributed by atoms with Crippen LogP contribution in [0, 0.1) is 19.8 Å². The van der Waals surface area contributed by atoms with Crippen LogP contribution in [0.3, 0.4) is 0 Å². The second-order valence-electron chi connectivity index (χ2n) is 10.7. The van der Waals surface area contributed by atoms with Gasteiger partial charge in [0.2, 0.25) is 0 Å². The SMILES string of the molecule is CCOC(=O)C1CCCN(c2c(N3CCN(C(=O)Nc4cc(C)ccc4C)CC3)cnn(-c3ccccc3)c2=O)C1. The summed E-state index contributed by atoms with van der Waals surface area (Å²) in [5.74, 6) is -0.514. The molecule has 0 aliphatic carbocycles. The summed E-state index contributed by atoms with van der Waals surface area (Å²) in [6, 6.07) is 15.2. The maximum Gasteiger partial charge on any atom is 0.321 e. The minimum Gasteiger partial charge on any atom is -0.466 e. The molecular weight excluding hydrogens is 520 g/mol. The number of piperidine rings is 1. The minimum atomic E-state index is -0.292. The Bertz CT molecular complexity index is 1450. The van der Waals surface area contributed by atoms with Gasteiger partial charge < -0.3 is 24.8 Å². The van der Waals surface area contributed by atoms with Gasteiger partial charge in [0, 0.05) is 45.0 Å². The lowest BCUT2D eigenvalue weighted by molar-refractivity contribution is -0.148. The van der Waals surface area contributed by atoms with Crippen molar-refractivity contribution in [2.45, 2.75) is 33.6 Å². The van der Waals surface area contributed by atoms with E-state index in [4.69, 9.17) is 4.74 Å². The molecule has 0 bridgehead atoms. The topological polar surface area (TPSA) is 100 Å². The number of urea groups is 1. The molecule has 1 N–H and O–H groups in total. The van der Waals surface area contributed by atoms with Crippen molar-refractivity contribution >= 4 is 29.1 Å². The van der Waals surface area contributed by atoms with Gasteiger partial charge in [-0.05, 0) is 62.9 Å². The first-order valence-corrected chi connectivity index (χ1v) is 14.3. The van der Waals surface area contributed by atoms with Crippen molar-refractivity contribution in [1.29, 1.82) is 0 Å². The normalized spacial score (nSPS) is 17.3. The van der Waals surface area contributed by atoms with Crippen molar-refractivity contribution in [2.24, 2.45) is 5.92 Å². The van der Waals surface area contributed by atoms with Crippen molar-refractivity contribution in [3.8, 4) is 5.69 Å². The molecule has 2 aliphatic rings. The number of carbonyl (C=O) groups excluding carboxylic acids is 2. The zero-order chi connectivity index (χ0) is 28.9. The highest BCUT2D eigenvalue weighted by Gasteiger charge is 2.32. The number of anilines is 3. The molecule has 2 aromatic carbocycles. The van der Waals surface area contributed by atoms with Crippen molar-refractivity contribution < 1.29 is 14.3 Å². The number of amides is 2. The van der Waals surface area contributed by atoms with Crippen LogP contribution in [0.4, 0.5) is 21.9 Å². The van der Waals surface area contributed by atoms with Gasteiger partial charge in [-0.25, -0.2) is 4.79 Å². The fraction of sp³-hybridized carbons (Fsp3) is 0.419. The molecule has 2 fully saturated rings. The maximum absolute atomic E-state index is 14.0. The van der Waals surface area contributed by atoms with Gasteiger partial charge in [-0.15, -0.1) is 0 Å². The Labute approximate surface area is 240 Å². The smallest absolute Gasteiger partial charge is 0.321 e. The summed E-state index contributed by atoms with van der Waals surface area (Å²) in [6.45, 7) is 9.31. The lowest BCUT2D eigenvalue weighted by atomic mass is 9.97. The fourth-order valence-electron chi connectivity index (χ4n) is 5.57. The van der Waals surface area contributed by atoms with E-state index in [-0.39, 0.29) is 23.5 Å². The molecule has 10 heteroatoms. The number of nitrogens with one attached hydrogen (secondary N) is 1. The highest BCUT2D eigenvalue weighted by molar-refractivity contribution is 5.90. The quantitative estimate of drug-likeness (QED) is 0.457. The number of para-hydroxylation sites is 1. The minimum absolute atomic E-state index is 0.135. The van der Waals surface area contributed by atoms with Gasteiger partial charge in [-0.2, -0.15) is 9.78 Å². The molecule has 216 valence electrons. The fourth-order valence-corrected chi connectivity index (χ4v) is 5.57. The summed E-state index contributed by atoms with van der Waals surface area (Å²) in [7, 11) is 0. The number of hydrogen-bond acceptors (Lipinski definition) is 7. The molecule has 1 aromatic heterocycles. The van der Waals surface area contributed by atoms with Gasteiger partial charge in [-0.1, -0.05) is 30.3 Å². The highest BCUT2D eigenvalue weighted by atomic mass is 16.5. The molecule has 0 radical (unpaired) electrons. The Morgan fingerprint density at radius 2 is 1.76 bits per heavy atom. The first-order chi connectivity index (χ1) is 19.9. The van der Waals surface area contributed by atoms with E-state index < -0.39 is 0 Å². The molecule has 10 nitrogen and oxygen atoms in total. The molecule has 1 unspecified atom stereocenters. The van der Waals surface area contributed by atoms with E-state index in [2.05, 4.69) is 15.3 Å². The molecule has 5 rings (SSSR count). The summed E-state index contributed by atoms with van der Waals surface area (Å²) in [4.78, 5) is 45.6. The number of aromatic nitrogens is 2. The van der Waals surface area contributed by atoms with E-state index in [0.717, 1.165) is 35.3 Å². The Balaban J connectivity index is 1.39. The molecule has 3 aromatic rings. The van der Waals surface area contributed by atoms with Crippen LogP contribution in [0.2, 0.25) is 0 Å². The first-order valence-electron chi connectivity index (χ1n) is 14.3. The van der Waals surface area contributed by atoms with E-state index in [0.29, 0.717) is 57.3 Å². The third-order valence-corrected chi connectivity index (χ3v) is 7.83. The number of rotatable bonds is 6. The average molecular weight is 559 g/mol. The zero-order valence-corrected chi connectivity index (χ0v) is 24.0. The number of benzene rings is 2. The molecule has 0 saturated carbocycles. The molecule has 2 aliphatic heterocycles. The van der Waals surface area contributed by atoms with Crippen molar-refractivity contribution in [2.75, 3.05) is 61.0 Å². The van der Waals surface area contributed by atoms with Gasteiger partial charge in [0.1, 0.15) is 5.69 Å². The third-order valence-electron chi connectivity index (χ3n) is 7.83. The molecule has 0 spiro atoms. The van der Waals surface area contributed by atoms with E-state index >= 15 is 0 Å². The van der Waals surface area contributed by atoms with Crippen LogP contribution in [0.15, 0.2) is 59.5 Å². The van der Waals surface area contributed by atoms with E-state index in [9.17, 15) is 14.4 Å². The first kappa shape index (κ1) is 28.2. The molecule has 1 atom stereocenters. The Hall–Kier alpha value is -4.34. The third kappa shape index (κ3) is 6.21. The van der Waals surface area contributed by atoms with Crippen molar-refractivity contribution in [3.63, 3.8) is 0 Å². The monoisotopic (exact) mass is 558 g/mol.